The van der Waals surface area contributed by atoms with Crippen LogP contribution >= 0.6 is 0 Å². The maximum atomic E-state index is 12.4. The fourth-order valence-corrected chi connectivity index (χ4v) is 2.75. The summed E-state index contributed by atoms with van der Waals surface area (Å²) >= 11 is 0. The van der Waals surface area contributed by atoms with Gasteiger partial charge < -0.3 is 5.32 Å². The second kappa shape index (κ2) is 7.18. The predicted molar refractivity (Wildman–Crippen MR) is 98.3 cm³/mol. The summed E-state index contributed by atoms with van der Waals surface area (Å²) in [6.45, 7) is 1.73. The molecule has 26 heavy (non-hydrogen) atoms. The number of anilines is 1. The van der Waals surface area contributed by atoms with Gasteiger partial charge in [-0.2, -0.15) is 0 Å². The number of nitrogens with one attached hydrogen (secondary N) is 1. The molecule has 0 saturated carbocycles. The Hall–Kier alpha value is -3.48. The molecular weight excluding hydrogens is 334 g/mol. The summed E-state index contributed by atoms with van der Waals surface area (Å²) in [7, 11) is 0. The van der Waals surface area contributed by atoms with Crippen molar-refractivity contribution in [3.8, 4) is 0 Å². The zero-order valence-corrected chi connectivity index (χ0v) is 14.1. The summed E-state index contributed by atoms with van der Waals surface area (Å²) in [4.78, 5) is 35.0. The highest BCUT2D eigenvalue weighted by molar-refractivity contribution is 5.97. The van der Waals surface area contributed by atoms with E-state index >= 15 is 0 Å². The standard InChI is InChI=1S/C19H17N3O4/c1-13-6-7-15(17(12-13)22(25)26)20-18(23)8-9-19(24)21-11-10-14-4-2-3-5-16(14)21/h2-7,10-12H,8-9H2,1H3,(H,20,23). The van der Waals surface area contributed by atoms with Gasteiger partial charge in [0, 0.05) is 30.5 Å². The van der Waals surface area contributed by atoms with E-state index in [2.05, 4.69) is 5.32 Å². The van der Waals surface area contributed by atoms with Gasteiger partial charge in [-0.25, -0.2) is 0 Å². The van der Waals surface area contributed by atoms with E-state index in [0.29, 0.717) is 0 Å². The average Bonchev–Trinajstić information content (AvgIpc) is 3.05. The highest BCUT2D eigenvalue weighted by atomic mass is 16.6. The van der Waals surface area contributed by atoms with Crippen molar-refractivity contribution in [3.63, 3.8) is 0 Å². The highest BCUT2D eigenvalue weighted by Gasteiger charge is 2.17. The van der Waals surface area contributed by atoms with Gasteiger partial charge in [0.05, 0.1) is 10.4 Å². The maximum absolute atomic E-state index is 12.4. The van der Waals surface area contributed by atoms with E-state index < -0.39 is 10.8 Å². The lowest BCUT2D eigenvalue weighted by molar-refractivity contribution is -0.384. The SMILES string of the molecule is Cc1ccc(NC(=O)CCC(=O)n2ccc3ccccc32)c([N+](=O)[O-])c1. The Kier molecular flexibility index (Phi) is 4.79. The van der Waals surface area contributed by atoms with Crippen molar-refractivity contribution in [1.29, 1.82) is 0 Å². The van der Waals surface area contributed by atoms with Crippen molar-refractivity contribution in [2.45, 2.75) is 19.8 Å². The van der Waals surface area contributed by atoms with Crippen molar-refractivity contribution in [2.24, 2.45) is 0 Å². The van der Waals surface area contributed by atoms with Gasteiger partial charge in [-0.3, -0.25) is 24.3 Å². The van der Waals surface area contributed by atoms with Gasteiger partial charge in [-0.1, -0.05) is 24.3 Å². The quantitative estimate of drug-likeness (QED) is 0.557. The van der Waals surface area contributed by atoms with E-state index in [4.69, 9.17) is 0 Å². The fraction of sp³-hybridized carbons (Fsp3) is 0.158. The van der Waals surface area contributed by atoms with Crippen LogP contribution in [0.25, 0.3) is 10.9 Å². The lowest BCUT2D eigenvalue weighted by atomic mass is 10.2. The van der Waals surface area contributed by atoms with Gasteiger partial charge in [0.2, 0.25) is 11.8 Å². The number of hydrogen-bond donors (Lipinski definition) is 1. The number of aromatic nitrogens is 1. The zero-order chi connectivity index (χ0) is 18.7. The predicted octanol–water partition coefficient (Wildman–Crippen LogP) is 3.92. The first kappa shape index (κ1) is 17.3. The topological polar surface area (TPSA) is 94.2 Å². The summed E-state index contributed by atoms with van der Waals surface area (Å²) in [6.07, 6.45) is 1.62. The second-order valence-electron chi connectivity index (χ2n) is 5.96. The molecule has 1 amide bonds. The smallest absolute Gasteiger partial charge is 0.293 e. The Balaban J connectivity index is 1.66. The highest BCUT2D eigenvalue weighted by Crippen LogP contribution is 2.25. The van der Waals surface area contributed by atoms with Crippen molar-refractivity contribution in [3.05, 3.63) is 70.4 Å². The molecule has 7 nitrogen and oxygen atoms in total. The lowest BCUT2D eigenvalue weighted by Crippen LogP contribution is -2.17. The van der Waals surface area contributed by atoms with Gasteiger partial charge >= 0.3 is 0 Å². The minimum absolute atomic E-state index is 0.00413. The van der Waals surface area contributed by atoms with Crippen LogP contribution in [0.4, 0.5) is 11.4 Å². The van der Waals surface area contributed by atoms with E-state index in [0.717, 1.165) is 16.5 Å². The summed E-state index contributed by atoms with van der Waals surface area (Å²) in [5, 5.41) is 14.6. The van der Waals surface area contributed by atoms with Crippen LogP contribution in [0.15, 0.2) is 54.7 Å². The van der Waals surface area contributed by atoms with Crippen LogP contribution < -0.4 is 5.32 Å². The van der Waals surface area contributed by atoms with Crippen molar-refractivity contribution < 1.29 is 14.5 Å². The average molecular weight is 351 g/mol. The molecule has 0 aliphatic carbocycles. The number of benzene rings is 2. The maximum Gasteiger partial charge on any atom is 0.293 e. The largest absolute Gasteiger partial charge is 0.320 e. The molecule has 0 spiro atoms. The van der Waals surface area contributed by atoms with E-state index in [1.165, 1.54) is 16.7 Å². The molecule has 132 valence electrons. The molecule has 0 aliphatic heterocycles. The third-order valence-electron chi connectivity index (χ3n) is 4.06. The molecule has 0 fully saturated rings. The fourth-order valence-electron chi connectivity index (χ4n) is 2.75. The normalized spacial score (nSPS) is 10.7. The van der Waals surface area contributed by atoms with Crippen LogP contribution in [0.5, 0.6) is 0 Å². The number of nitro groups is 1. The van der Waals surface area contributed by atoms with Gasteiger partial charge in [0.25, 0.3) is 5.69 Å². The van der Waals surface area contributed by atoms with Gasteiger partial charge in [-0.05, 0) is 30.7 Å². The number of carbonyl (C=O) groups excluding carboxylic acids is 2. The number of aryl methyl sites for hydroxylation is 1. The second-order valence-corrected chi connectivity index (χ2v) is 5.96. The van der Waals surface area contributed by atoms with Crippen LogP contribution in [0.1, 0.15) is 23.2 Å². The van der Waals surface area contributed by atoms with Crippen LogP contribution in [0.2, 0.25) is 0 Å². The number of fused-ring (bicyclic) bond motifs is 1. The molecule has 0 radical (unpaired) electrons. The summed E-state index contributed by atoms with van der Waals surface area (Å²) < 4.78 is 1.51. The van der Waals surface area contributed by atoms with Crippen LogP contribution in [0.3, 0.4) is 0 Å². The molecule has 0 unspecified atom stereocenters. The summed E-state index contributed by atoms with van der Waals surface area (Å²) in [5.41, 5.74) is 1.47. The van der Waals surface area contributed by atoms with Gasteiger partial charge in [0.15, 0.2) is 0 Å². The third kappa shape index (κ3) is 3.61. The molecule has 2 aromatic carbocycles. The first-order chi connectivity index (χ1) is 12.5. The molecule has 1 heterocycles. The molecule has 3 rings (SSSR count). The number of nitro benzene ring substituents is 1. The number of amides is 1. The Morgan fingerprint density at radius 1 is 1.12 bits per heavy atom. The van der Waals surface area contributed by atoms with Crippen LogP contribution in [-0.2, 0) is 4.79 Å². The van der Waals surface area contributed by atoms with Gasteiger partial charge in [-0.15, -0.1) is 0 Å². The molecular formula is C19H17N3O4. The molecule has 0 atom stereocenters. The minimum Gasteiger partial charge on any atom is -0.320 e. The molecule has 1 N–H and O–H groups in total. The zero-order valence-electron chi connectivity index (χ0n) is 14.1. The third-order valence-corrected chi connectivity index (χ3v) is 4.06. The van der Waals surface area contributed by atoms with E-state index in [1.807, 2.05) is 30.3 Å². The molecule has 1 aromatic heterocycles. The number of nitrogens with zero attached hydrogens (tertiary/aromatic N) is 2. The number of para-hydroxylation sites is 1. The van der Waals surface area contributed by atoms with Crippen LogP contribution in [0, 0.1) is 17.0 Å². The molecule has 3 aromatic rings. The minimum atomic E-state index is -0.542. The van der Waals surface area contributed by atoms with Gasteiger partial charge in [0.1, 0.15) is 5.69 Å². The van der Waals surface area contributed by atoms with E-state index in [9.17, 15) is 19.7 Å². The van der Waals surface area contributed by atoms with E-state index in [-0.39, 0.29) is 30.1 Å². The number of carbonyl (C=O) groups is 2. The van der Waals surface area contributed by atoms with Crippen LogP contribution in [-0.4, -0.2) is 21.3 Å². The Morgan fingerprint density at radius 2 is 1.88 bits per heavy atom. The van der Waals surface area contributed by atoms with E-state index in [1.54, 1.807) is 19.2 Å². The van der Waals surface area contributed by atoms with Crippen molar-refractivity contribution >= 4 is 34.1 Å². The first-order valence-corrected chi connectivity index (χ1v) is 8.10. The molecule has 7 heteroatoms. The molecule has 0 saturated heterocycles. The Bertz CT molecular complexity index is 1010. The van der Waals surface area contributed by atoms with Crippen molar-refractivity contribution in [1.82, 2.24) is 4.57 Å². The monoisotopic (exact) mass is 351 g/mol. The molecule has 0 aliphatic rings. The van der Waals surface area contributed by atoms with Crippen molar-refractivity contribution in [2.75, 3.05) is 5.32 Å². The lowest BCUT2D eigenvalue weighted by Gasteiger charge is -2.07. The summed E-state index contributed by atoms with van der Waals surface area (Å²) in [5.74, 6) is -0.651. The number of hydrogen-bond acceptors (Lipinski definition) is 4. The Morgan fingerprint density at radius 3 is 2.65 bits per heavy atom. The summed E-state index contributed by atoms with van der Waals surface area (Å²) in [6, 6.07) is 13.9. The molecule has 0 bridgehead atoms. The number of rotatable bonds is 5. The first-order valence-electron chi connectivity index (χ1n) is 8.10. The Labute approximate surface area is 149 Å².